The highest BCUT2D eigenvalue weighted by Crippen LogP contribution is 2.41. The van der Waals surface area contributed by atoms with Crippen molar-refractivity contribution in [3.63, 3.8) is 0 Å². The average Bonchev–Trinajstić information content (AvgIpc) is 3.18. The lowest BCUT2D eigenvalue weighted by atomic mass is 9.79. The molecule has 0 aromatic rings. The van der Waals surface area contributed by atoms with Gasteiger partial charge in [-0.1, -0.05) is 52.3 Å². The molecule has 1 saturated carbocycles. The Morgan fingerprint density at radius 2 is 1.59 bits per heavy atom. The lowest BCUT2D eigenvalue weighted by molar-refractivity contribution is -0.346. The summed E-state index contributed by atoms with van der Waals surface area (Å²) in [5.41, 5.74) is 1.79. The Balaban J connectivity index is 1.76. The first-order chi connectivity index (χ1) is 26.5. The van der Waals surface area contributed by atoms with Crippen molar-refractivity contribution in [1.29, 1.82) is 0 Å². The fourth-order valence-corrected chi connectivity index (χ4v) is 9.78. The molecule has 3 N–H and O–H groups in total. The first-order valence-electron chi connectivity index (χ1n) is 21.2. The maximum absolute atomic E-state index is 14.3. The summed E-state index contributed by atoms with van der Waals surface area (Å²) >= 11 is 0. The number of piperidine rings is 1. The quantitative estimate of drug-likeness (QED) is 0.229. The predicted octanol–water partition coefficient (Wildman–Crippen LogP) is 5.54. The second kappa shape index (κ2) is 20.7. The number of amides is 1. The van der Waals surface area contributed by atoms with Crippen LogP contribution in [0.2, 0.25) is 0 Å². The zero-order valence-corrected chi connectivity index (χ0v) is 35.8. The van der Waals surface area contributed by atoms with Crippen LogP contribution in [0.4, 0.5) is 0 Å². The van der Waals surface area contributed by atoms with Gasteiger partial charge in [0.15, 0.2) is 6.10 Å². The fraction of sp³-hybridized carbons (Fsp3) is 0.841. The lowest BCUT2D eigenvalue weighted by Gasteiger charge is -2.49. The molecule has 12 heteroatoms. The number of cyclic esters (lactones) is 1. The molecule has 12 nitrogen and oxygen atoms in total. The van der Waals surface area contributed by atoms with Crippen LogP contribution in [0.15, 0.2) is 23.3 Å². The van der Waals surface area contributed by atoms with Crippen LogP contribution in [0.3, 0.4) is 0 Å². The molecule has 320 valence electrons. The van der Waals surface area contributed by atoms with Gasteiger partial charge in [0.2, 0.25) is 5.79 Å². The molecule has 4 rings (SSSR count). The van der Waals surface area contributed by atoms with Gasteiger partial charge in [0.05, 0.1) is 24.4 Å². The van der Waals surface area contributed by atoms with Gasteiger partial charge in [-0.05, 0) is 101 Å². The lowest BCUT2D eigenvalue weighted by Crippen LogP contribution is -2.66. The summed E-state index contributed by atoms with van der Waals surface area (Å²) in [5, 5.41) is 35.6. The highest BCUT2D eigenvalue weighted by molar-refractivity contribution is 5.88. The van der Waals surface area contributed by atoms with E-state index < -0.39 is 78.1 Å². The molecule has 1 unspecified atom stereocenters. The topological polar surface area (TPSA) is 161 Å². The van der Waals surface area contributed by atoms with Crippen molar-refractivity contribution in [3.8, 4) is 0 Å². The molecule has 3 aliphatic heterocycles. The first kappa shape index (κ1) is 46.5. The summed E-state index contributed by atoms with van der Waals surface area (Å²) in [7, 11) is 4.86. The molecule has 3 heterocycles. The molecule has 1 amide bonds. The Labute approximate surface area is 335 Å². The number of Topliss-reactive ketones (excluding diaryl/α,β-unsaturated/α-hetero) is 1. The number of aliphatic hydroxyl groups is 3. The van der Waals surface area contributed by atoms with E-state index in [1.165, 1.54) is 4.90 Å². The van der Waals surface area contributed by atoms with E-state index in [-0.39, 0.29) is 36.7 Å². The van der Waals surface area contributed by atoms with Crippen molar-refractivity contribution in [1.82, 2.24) is 4.90 Å². The maximum atomic E-state index is 14.3. The van der Waals surface area contributed by atoms with Gasteiger partial charge < -0.3 is 43.9 Å². The van der Waals surface area contributed by atoms with Crippen molar-refractivity contribution in [3.05, 3.63) is 23.3 Å². The highest BCUT2D eigenvalue weighted by atomic mass is 16.7. The number of carbonyl (C=O) groups is 3. The molecule has 56 heavy (non-hydrogen) atoms. The Bertz CT molecular complexity index is 1380. The van der Waals surface area contributed by atoms with Crippen LogP contribution in [0.1, 0.15) is 119 Å². The molecule has 4 aliphatic rings. The standard InChI is InChI=1S/C44H73NO11/c1-11-32-19-25(2)18-26(3)20-37(53-9)40-38(54-10)22-29(6)44(51,56-40)41(48)42(49)45-17-13-12-14-33(45)43(50)55-39(30(7)34(46)24-35(32)47)28(5)21-31-16-15-27(4)36(23-31)52-8/h19,21,26-27,29-34,36-41,46,48,51H,11-18,20,22-24H2,1-10H3/b25-19+,28-21+/t26-,27+,29+,30-,31?,32+,33-,34-,36+,37-,38-,39+,40+,41-,44+/m0/s1. The van der Waals surface area contributed by atoms with Crippen LogP contribution >= 0.6 is 0 Å². The number of allylic oxidation sites excluding steroid dienone is 3. The fourth-order valence-electron chi connectivity index (χ4n) is 9.78. The summed E-state index contributed by atoms with van der Waals surface area (Å²) in [6.07, 6.45) is 4.61. The minimum atomic E-state index is -2.29. The van der Waals surface area contributed by atoms with Gasteiger partial charge in [0.25, 0.3) is 5.91 Å². The molecular formula is C44H73NO11. The summed E-state index contributed by atoms with van der Waals surface area (Å²) < 4.78 is 30.3. The van der Waals surface area contributed by atoms with Crippen molar-refractivity contribution in [2.75, 3.05) is 27.9 Å². The molecule has 0 spiro atoms. The van der Waals surface area contributed by atoms with E-state index in [2.05, 4.69) is 19.9 Å². The Morgan fingerprint density at radius 3 is 2.23 bits per heavy atom. The van der Waals surface area contributed by atoms with Gasteiger partial charge in [0, 0.05) is 52.0 Å². The second-order valence-electron chi connectivity index (χ2n) is 17.7. The molecular weight excluding hydrogens is 718 g/mol. The number of hydrogen-bond donors (Lipinski definition) is 3. The minimum Gasteiger partial charge on any atom is -0.456 e. The molecule has 2 bridgehead atoms. The van der Waals surface area contributed by atoms with E-state index in [0.717, 1.165) is 30.4 Å². The Morgan fingerprint density at radius 1 is 0.929 bits per heavy atom. The van der Waals surface area contributed by atoms with Crippen molar-refractivity contribution in [2.24, 2.45) is 35.5 Å². The number of ketones is 1. The van der Waals surface area contributed by atoms with Crippen molar-refractivity contribution >= 4 is 17.7 Å². The molecule has 0 aromatic heterocycles. The number of methoxy groups -OCH3 is 3. The van der Waals surface area contributed by atoms with Gasteiger partial charge in [0.1, 0.15) is 24.0 Å². The average molecular weight is 792 g/mol. The Kier molecular flexibility index (Phi) is 17.2. The van der Waals surface area contributed by atoms with Crippen molar-refractivity contribution < 1.29 is 53.4 Å². The predicted molar refractivity (Wildman–Crippen MR) is 212 cm³/mol. The van der Waals surface area contributed by atoms with Gasteiger partial charge in [-0.15, -0.1) is 0 Å². The molecule has 0 radical (unpaired) electrons. The highest BCUT2D eigenvalue weighted by Gasteiger charge is 2.56. The van der Waals surface area contributed by atoms with E-state index in [9.17, 15) is 29.7 Å². The number of fused-ring (bicyclic) bond motifs is 3. The smallest absolute Gasteiger partial charge is 0.329 e. The monoisotopic (exact) mass is 792 g/mol. The van der Waals surface area contributed by atoms with E-state index >= 15 is 0 Å². The molecule has 0 aromatic carbocycles. The van der Waals surface area contributed by atoms with Crippen LogP contribution < -0.4 is 0 Å². The summed E-state index contributed by atoms with van der Waals surface area (Å²) in [4.78, 5) is 43.8. The third-order valence-electron chi connectivity index (χ3n) is 13.4. The third kappa shape index (κ3) is 10.9. The minimum absolute atomic E-state index is 0.0722. The van der Waals surface area contributed by atoms with Crippen LogP contribution in [0.5, 0.6) is 0 Å². The van der Waals surface area contributed by atoms with Crippen LogP contribution in [-0.2, 0) is 38.1 Å². The van der Waals surface area contributed by atoms with Gasteiger partial charge in [-0.3, -0.25) is 9.59 Å². The van der Waals surface area contributed by atoms with Crippen LogP contribution in [0, 0.1) is 35.5 Å². The second-order valence-corrected chi connectivity index (χ2v) is 17.7. The molecule has 3 fully saturated rings. The zero-order chi connectivity index (χ0) is 41.5. The number of ether oxygens (including phenoxy) is 5. The maximum Gasteiger partial charge on any atom is 0.329 e. The number of carbonyl (C=O) groups excluding carboxylic acids is 3. The number of rotatable bonds is 6. The normalized spacial score (nSPS) is 42.9. The first-order valence-corrected chi connectivity index (χ1v) is 21.2. The van der Waals surface area contributed by atoms with E-state index in [1.54, 1.807) is 35.2 Å². The number of aliphatic hydroxyl groups excluding tert-OH is 2. The number of nitrogens with zero attached hydrogens (tertiary/aromatic N) is 1. The van der Waals surface area contributed by atoms with E-state index in [1.807, 2.05) is 26.8 Å². The molecule has 1 aliphatic carbocycles. The third-order valence-corrected chi connectivity index (χ3v) is 13.4. The van der Waals surface area contributed by atoms with E-state index in [4.69, 9.17) is 23.7 Å². The summed E-state index contributed by atoms with van der Waals surface area (Å²) in [6, 6.07) is -1.04. The molecule has 15 atom stereocenters. The molecule has 2 saturated heterocycles. The number of hydrogen-bond acceptors (Lipinski definition) is 11. The van der Waals surface area contributed by atoms with Crippen molar-refractivity contribution in [2.45, 2.75) is 174 Å². The van der Waals surface area contributed by atoms with Gasteiger partial charge >= 0.3 is 5.97 Å². The van der Waals surface area contributed by atoms with Crippen LogP contribution in [0.25, 0.3) is 0 Å². The number of esters is 1. The van der Waals surface area contributed by atoms with E-state index in [0.29, 0.717) is 50.9 Å². The SMILES string of the molecule is CC[C@@H]1/C=C(\C)C[C@H](C)C[C@H](OC)[C@H]2O[C@](O)([C@H](C)C[C@@H]2OC)[C@@H](O)C(=O)N2CCCC[C@H]2C(=O)O[C@H](/C(C)=C/C2CC[C@@H](C)[C@H](OC)C2)[C@@H](C)[C@@H](O)CC1=O. The van der Waals surface area contributed by atoms with Crippen LogP contribution in [-0.4, -0.2) is 120 Å². The summed E-state index contributed by atoms with van der Waals surface area (Å²) in [5.74, 6) is -4.93. The largest absolute Gasteiger partial charge is 0.456 e. The zero-order valence-electron chi connectivity index (χ0n) is 35.8. The summed E-state index contributed by atoms with van der Waals surface area (Å²) in [6.45, 7) is 13.8. The van der Waals surface area contributed by atoms with Gasteiger partial charge in [-0.25, -0.2) is 4.79 Å². The van der Waals surface area contributed by atoms with Gasteiger partial charge in [-0.2, -0.15) is 0 Å². The Hall–Kier alpha value is -2.19.